The van der Waals surface area contributed by atoms with Crippen molar-refractivity contribution < 1.29 is 17.7 Å². The lowest BCUT2D eigenvalue weighted by atomic mass is 10.0. The Morgan fingerprint density at radius 2 is 0.523 bits per heavy atom. The summed E-state index contributed by atoms with van der Waals surface area (Å²) in [6.07, 6.45) is 24.5. The van der Waals surface area contributed by atoms with Crippen molar-refractivity contribution in [1.29, 1.82) is 0 Å². The molecule has 0 fully saturated rings. The molecule has 2 N–H and O–H groups in total. The highest BCUT2D eigenvalue weighted by Crippen LogP contribution is 2.07. The normalized spacial score (nSPS) is 19.1. The molecule has 1 aliphatic rings. The number of fused-ring (bicyclic) bond motifs is 8. The third kappa shape index (κ3) is 5.67. The van der Waals surface area contributed by atoms with Gasteiger partial charge in [0.2, 0.25) is 0 Å². The Hall–Kier alpha value is -3.92. The van der Waals surface area contributed by atoms with E-state index >= 15 is 0 Å². The van der Waals surface area contributed by atoms with E-state index < -0.39 is 0 Å². The van der Waals surface area contributed by atoms with Crippen LogP contribution in [0.4, 0.5) is 0 Å². The first kappa shape index (κ1) is 31.5. The van der Waals surface area contributed by atoms with Crippen LogP contribution >= 0.6 is 0 Å². The van der Waals surface area contributed by atoms with Gasteiger partial charge < -0.3 is 17.7 Å². The average molecular weight is 595 g/mol. The summed E-state index contributed by atoms with van der Waals surface area (Å²) in [5.74, 6) is 0. The molecule has 4 aromatic rings. The van der Waals surface area contributed by atoms with Crippen molar-refractivity contribution in [1.82, 2.24) is 0 Å². The molecule has 0 aliphatic carbocycles. The molecule has 232 valence electrons. The molecule has 4 nitrogen and oxygen atoms in total. The van der Waals surface area contributed by atoms with Crippen molar-refractivity contribution in [3.8, 4) is 0 Å². The second-order valence-electron chi connectivity index (χ2n) is 11.4. The van der Waals surface area contributed by atoms with Crippen molar-refractivity contribution in [3.05, 3.63) is 87.8 Å². The van der Waals surface area contributed by atoms with Gasteiger partial charge in [0.15, 0.2) is 0 Å². The minimum Gasteiger partial charge on any atom is -0.546 e. The molecule has 0 unspecified atom stereocenters. The SMILES string of the molecule is CCc1c(CC)\c2o/c1=C\C=c1/[oH+]/c(c(CC)c1CC)=C\C=c1\o/c(c(CC)c1CC)=C/C=c1/[oH+]/c(c(CC)c1CC)=C/C=2. The molecular weight excluding hydrogens is 544 g/mol. The molecule has 1 aliphatic heterocycles. The third-order valence-electron chi connectivity index (χ3n) is 9.20. The fourth-order valence-corrected chi connectivity index (χ4v) is 7.06. The van der Waals surface area contributed by atoms with Gasteiger partial charge in [-0.05, 0) is 75.7 Å². The van der Waals surface area contributed by atoms with E-state index in [1.165, 1.54) is 44.5 Å². The van der Waals surface area contributed by atoms with Gasteiger partial charge in [0.25, 0.3) is 21.7 Å². The quantitative estimate of drug-likeness (QED) is 0.288. The minimum absolute atomic E-state index is 0.914. The minimum atomic E-state index is 0.914. The zero-order valence-electron chi connectivity index (χ0n) is 28.0. The Morgan fingerprint density at radius 3 is 0.705 bits per heavy atom. The van der Waals surface area contributed by atoms with E-state index in [-0.39, 0.29) is 0 Å². The Balaban J connectivity index is 1.97. The van der Waals surface area contributed by atoms with Crippen LogP contribution in [-0.2, 0) is 51.4 Å². The highest BCUT2D eigenvalue weighted by Gasteiger charge is 2.17. The van der Waals surface area contributed by atoms with Crippen LogP contribution in [0.2, 0.25) is 0 Å². The summed E-state index contributed by atoms with van der Waals surface area (Å²) >= 11 is 0. The van der Waals surface area contributed by atoms with E-state index in [0.717, 1.165) is 94.7 Å². The monoisotopic (exact) mass is 594 g/mol. The molecule has 4 heteroatoms. The number of hydrogen-bond donors (Lipinski definition) is 0. The fourth-order valence-electron chi connectivity index (χ4n) is 7.06. The zero-order valence-corrected chi connectivity index (χ0v) is 28.0. The largest absolute Gasteiger partial charge is 0.546 e. The first-order valence-electron chi connectivity index (χ1n) is 16.8. The third-order valence-corrected chi connectivity index (χ3v) is 9.20. The van der Waals surface area contributed by atoms with E-state index in [0.29, 0.717) is 0 Å². The summed E-state index contributed by atoms with van der Waals surface area (Å²) in [4.78, 5) is 0. The van der Waals surface area contributed by atoms with Crippen LogP contribution in [0, 0.1) is 0 Å². The molecule has 0 spiro atoms. The summed E-state index contributed by atoms with van der Waals surface area (Å²) in [6, 6.07) is 0. The van der Waals surface area contributed by atoms with Gasteiger partial charge in [-0.1, -0.05) is 55.4 Å². The van der Waals surface area contributed by atoms with Crippen LogP contribution < -0.4 is 43.3 Å². The highest BCUT2D eigenvalue weighted by atomic mass is 16.3. The number of furan rings is 4. The molecule has 5 rings (SSSR count). The van der Waals surface area contributed by atoms with Crippen LogP contribution in [0.1, 0.15) is 99.9 Å². The predicted molar refractivity (Wildman–Crippen MR) is 185 cm³/mol. The van der Waals surface area contributed by atoms with Crippen molar-refractivity contribution in [3.63, 3.8) is 0 Å². The first-order valence-corrected chi connectivity index (χ1v) is 16.8. The standard InChI is InChI=1S/C40H48O4/c1-9-25-26(10-2)34-19-20-36-29(13-5)30(14-6)38(43-36)23-24-40-32(16-8)31(15-7)39(44-40)22-21-37-28(12-4)27(11-3)35(42-37)18-17-33(25)41-34/h17-24H,9-16H2,1-8H3/p+2/b18-17?,20-19?,22-21?,24-23?,33-17-,34-19-,35-18-,36-20+,37-21-,38-23+,39-22+,40-24+. The van der Waals surface area contributed by atoms with Crippen molar-refractivity contribution in [2.24, 2.45) is 0 Å². The van der Waals surface area contributed by atoms with E-state index in [2.05, 4.69) is 104 Å². The van der Waals surface area contributed by atoms with Crippen LogP contribution in [0.3, 0.4) is 0 Å². The first-order chi connectivity index (χ1) is 21.5. The average Bonchev–Trinajstić information content (AvgIpc) is 3.77. The second kappa shape index (κ2) is 13.8. The molecule has 44 heavy (non-hydrogen) atoms. The van der Waals surface area contributed by atoms with Crippen LogP contribution in [0.5, 0.6) is 0 Å². The van der Waals surface area contributed by atoms with Crippen molar-refractivity contribution in [2.45, 2.75) is 107 Å². The molecule has 0 radical (unpaired) electrons. The van der Waals surface area contributed by atoms with E-state index in [4.69, 9.17) is 17.7 Å². The smallest absolute Gasteiger partial charge is 0.264 e. The lowest BCUT2D eigenvalue weighted by molar-refractivity contribution is 0.490. The summed E-state index contributed by atoms with van der Waals surface area (Å²) in [5.41, 5.74) is 18.1. The Labute approximate surface area is 260 Å². The molecule has 0 atom stereocenters. The maximum absolute atomic E-state index is 6.57. The van der Waals surface area contributed by atoms with Gasteiger partial charge in [-0.2, -0.15) is 0 Å². The van der Waals surface area contributed by atoms with Crippen LogP contribution in [-0.4, -0.2) is 0 Å². The van der Waals surface area contributed by atoms with E-state index in [1.807, 2.05) is 0 Å². The Bertz CT molecular complexity index is 1690. The van der Waals surface area contributed by atoms with Gasteiger partial charge in [0, 0.05) is 46.6 Å². The maximum Gasteiger partial charge on any atom is 0.264 e. The molecular formula is C40H50O4+2. The van der Waals surface area contributed by atoms with Gasteiger partial charge in [-0.15, -0.1) is 0 Å². The summed E-state index contributed by atoms with van der Waals surface area (Å²) < 4.78 is 23.4. The van der Waals surface area contributed by atoms with Gasteiger partial charge in [-0.3, -0.25) is 0 Å². The highest BCUT2D eigenvalue weighted by molar-refractivity contribution is 5.66. The fraction of sp³-hybridized carbons (Fsp3) is 0.400. The summed E-state index contributed by atoms with van der Waals surface area (Å²) in [7, 11) is 0. The van der Waals surface area contributed by atoms with Gasteiger partial charge in [0.1, 0.15) is 21.7 Å². The maximum atomic E-state index is 6.57. The van der Waals surface area contributed by atoms with Gasteiger partial charge >= 0.3 is 0 Å². The lowest BCUT2D eigenvalue weighted by Gasteiger charge is -1.94. The summed E-state index contributed by atoms with van der Waals surface area (Å²) in [6.45, 7) is 17.7. The molecule has 0 amide bonds. The lowest BCUT2D eigenvalue weighted by Crippen LogP contribution is -2.07. The van der Waals surface area contributed by atoms with Crippen LogP contribution in [0.15, 0.2) is 17.7 Å². The Morgan fingerprint density at radius 1 is 0.318 bits per heavy atom. The van der Waals surface area contributed by atoms with E-state index in [1.54, 1.807) is 0 Å². The topological polar surface area (TPSA) is 51.9 Å². The second-order valence-corrected chi connectivity index (χ2v) is 11.4. The predicted octanol–water partition coefficient (Wildman–Crippen LogP) is 4.14. The van der Waals surface area contributed by atoms with Crippen molar-refractivity contribution >= 4 is 48.6 Å². The Kier molecular flexibility index (Phi) is 9.88. The molecule has 0 aromatic carbocycles. The molecule has 5 heterocycles. The molecule has 8 bridgehead atoms. The van der Waals surface area contributed by atoms with E-state index in [9.17, 15) is 0 Å². The molecule has 0 saturated heterocycles. The number of hydrogen-bond acceptors (Lipinski definition) is 2. The zero-order chi connectivity index (χ0) is 31.4. The van der Waals surface area contributed by atoms with Gasteiger partial charge in [-0.25, -0.2) is 0 Å². The summed E-state index contributed by atoms with van der Waals surface area (Å²) in [5, 5.41) is 0. The molecule has 4 aromatic heterocycles. The van der Waals surface area contributed by atoms with Crippen LogP contribution in [0.25, 0.3) is 48.6 Å². The molecule has 0 saturated carbocycles. The van der Waals surface area contributed by atoms with Gasteiger partial charge in [0.05, 0.1) is 22.3 Å². The number of rotatable bonds is 8. The van der Waals surface area contributed by atoms with Crippen molar-refractivity contribution in [2.75, 3.05) is 0 Å².